The van der Waals surface area contributed by atoms with Crippen molar-refractivity contribution in [1.29, 1.82) is 0 Å². The first-order valence-electron chi connectivity index (χ1n) is 5.70. The molecule has 1 aromatic heterocycles. The van der Waals surface area contributed by atoms with Crippen molar-refractivity contribution < 1.29 is 9.47 Å². The maximum atomic E-state index is 5.87. The molecule has 1 fully saturated rings. The van der Waals surface area contributed by atoms with Gasteiger partial charge in [-0.15, -0.1) is 0 Å². The predicted octanol–water partition coefficient (Wildman–Crippen LogP) is 1.74. The van der Waals surface area contributed by atoms with Crippen LogP contribution in [0.2, 0.25) is 0 Å². The van der Waals surface area contributed by atoms with E-state index in [0.29, 0.717) is 11.9 Å². The number of pyridine rings is 1. The Hall–Kier alpha value is -1.29. The van der Waals surface area contributed by atoms with E-state index in [1.54, 1.807) is 13.3 Å². The molecule has 0 unspecified atom stereocenters. The molecule has 0 spiro atoms. The maximum Gasteiger partial charge on any atom is 0.216 e. The topological polar surface area (TPSA) is 57.4 Å². The van der Waals surface area contributed by atoms with Gasteiger partial charge in [-0.1, -0.05) is 0 Å². The van der Waals surface area contributed by atoms with Crippen LogP contribution in [0.1, 0.15) is 25.7 Å². The van der Waals surface area contributed by atoms with E-state index in [9.17, 15) is 0 Å². The molecule has 0 radical (unpaired) electrons. The Morgan fingerprint density at radius 3 is 2.75 bits per heavy atom. The number of aromatic nitrogens is 1. The molecule has 2 N–H and O–H groups in total. The molecule has 0 aliphatic heterocycles. The van der Waals surface area contributed by atoms with Crippen molar-refractivity contribution in [3.63, 3.8) is 0 Å². The zero-order valence-corrected chi connectivity index (χ0v) is 9.56. The zero-order valence-electron chi connectivity index (χ0n) is 9.56. The molecule has 16 heavy (non-hydrogen) atoms. The molecule has 1 saturated carbocycles. The Balaban J connectivity index is 1.93. The van der Waals surface area contributed by atoms with E-state index < -0.39 is 0 Å². The molecule has 0 saturated heterocycles. The SMILES string of the molecule is COc1cc(OC2CCC(N)CC2)ccn1. The molecule has 0 bridgehead atoms. The molecule has 1 aliphatic carbocycles. The van der Waals surface area contributed by atoms with Crippen molar-refractivity contribution in [3.8, 4) is 11.6 Å². The van der Waals surface area contributed by atoms with Gasteiger partial charge < -0.3 is 15.2 Å². The first-order valence-corrected chi connectivity index (χ1v) is 5.70. The molecule has 88 valence electrons. The van der Waals surface area contributed by atoms with E-state index >= 15 is 0 Å². The summed E-state index contributed by atoms with van der Waals surface area (Å²) >= 11 is 0. The van der Waals surface area contributed by atoms with Crippen molar-refractivity contribution in [2.45, 2.75) is 37.8 Å². The molecular weight excluding hydrogens is 204 g/mol. The van der Waals surface area contributed by atoms with Crippen molar-refractivity contribution in [1.82, 2.24) is 4.98 Å². The van der Waals surface area contributed by atoms with Crippen molar-refractivity contribution in [2.75, 3.05) is 7.11 Å². The van der Waals surface area contributed by atoms with Crippen molar-refractivity contribution in [3.05, 3.63) is 18.3 Å². The van der Waals surface area contributed by atoms with Gasteiger partial charge >= 0.3 is 0 Å². The fraction of sp³-hybridized carbons (Fsp3) is 0.583. The first kappa shape index (κ1) is 11.2. The number of nitrogens with two attached hydrogens (primary N) is 1. The molecule has 0 amide bonds. The predicted molar refractivity (Wildman–Crippen MR) is 61.6 cm³/mol. The summed E-state index contributed by atoms with van der Waals surface area (Å²) in [6, 6.07) is 4.03. The van der Waals surface area contributed by atoms with Gasteiger partial charge in [0.15, 0.2) is 0 Å². The Kier molecular flexibility index (Phi) is 3.62. The van der Waals surface area contributed by atoms with Gasteiger partial charge in [-0.25, -0.2) is 4.98 Å². The lowest BCUT2D eigenvalue weighted by Gasteiger charge is -2.26. The molecule has 2 rings (SSSR count). The molecule has 4 heteroatoms. The van der Waals surface area contributed by atoms with E-state index in [2.05, 4.69) is 4.98 Å². The quantitative estimate of drug-likeness (QED) is 0.846. The molecule has 4 nitrogen and oxygen atoms in total. The van der Waals surface area contributed by atoms with Crippen LogP contribution in [0.4, 0.5) is 0 Å². The van der Waals surface area contributed by atoms with Gasteiger partial charge in [0.05, 0.1) is 13.2 Å². The highest BCUT2D eigenvalue weighted by Crippen LogP contribution is 2.24. The average molecular weight is 222 g/mol. The van der Waals surface area contributed by atoms with Gasteiger partial charge in [0.1, 0.15) is 5.75 Å². The minimum atomic E-state index is 0.284. The van der Waals surface area contributed by atoms with Gasteiger partial charge in [0, 0.05) is 18.3 Å². The Bertz CT molecular complexity index is 336. The summed E-state index contributed by atoms with van der Waals surface area (Å²) in [5.41, 5.74) is 5.85. The largest absolute Gasteiger partial charge is 0.490 e. The molecule has 1 heterocycles. The van der Waals surface area contributed by atoms with Crippen LogP contribution in [0.5, 0.6) is 11.6 Å². The molecule has 1 aromatic rings. The lowest BCUT2D eigenvalue weighted by atomic mass is 9.94. The van der Waals surface area contributed by atoms with Gasteiger partial charge in [-0.2, -0.15) is 0 Å². The average Bonchev–Trinajstić information content (AvgIpc) is 2.32. The number of rotatable bonds is 3. The number of ether oxygens (including phenoxy) is 2. The maximum absolute atomic E-state index is 5.87. The third-order valence-corrected chi connectivity index (χ3v) is 2.94. The van der Waals surface area contributed by atoms with Crippen LogP contribution in [-0.4, -0.2) is 24.2 Å². The van der Waals surface area contributed by atoms with E-state index in [4.69, 9.17) is 15.2 Å². The van der Waals surface area contributed by atoms with Crippen molar-refractivity contribution >= 4 is 0 Å². The number of methoxy groups -OCH3 is 1. The van der Waals surface area contributed by atoms with Crippen LogP contribution in [0.25, 0.3) is 0 Å². The summed E-state index contributed by atoms with van der Waals surface area (Å²) in [6.07, 6.45) is 6.15. The molecule has 0 aromatic carbocycles. The number of nitrogens with zero attached hydrogens (tertiary/aromatic N) is 1. The minimum Gasteiger partial charge on any atom is -0.490 e. The fourth-order valence-electron chi connectivity index (χ4n) is 1.98. The van der Waals surface area contributed by atoms with E-state index in [0.717, 1.165) is 31.4 Å². The number of hydrogen-bond acceptors (Lipinski definition) is 4. The highest BCUT2D eigenvalue weighted by atomic mass is 16.5. The lowest BCUT2D eigenvalue weighted by molar-refractivity contribution is 0.146. The van der Waals surface area contributed by atoms with Crippen LogP contribution in [0.3, 0.4) is 0 Å². The van der Waals surface area contributed by atoms with Gasteiger partial charge in [0.25, 0.3) is 0 Å². The summed E-state index contributed by atoms with van der Waals surface area (Å²) in [4.78, 5) is 4.04. The third-order valence-electron chi connectivity index (χ3n) is 2.94. The Morgan fingerprint density at radius 1 is 1.31 bits per heavy atom. The second kappa shape index (κ2) is 5.16. The van der Waals surface area contributed by atoms with Gasteiger partial charge in [-0.3, -0.25) is 0 Å². The van der Waals surface area contributed by atoms with E-state index in [-0.39, 0.29) is 6.10 Å². The van der Waals surface area contributed by atoms with Crippen LogP contribution in [0, 0.1) is 0 Å². The minimum absolute atomic E-state index is 0.284. The molecular formula is C12H18N2O2. The summed E-state index contributed by atoms with van der Waals surface area (Å²) in [5.74, 6) is 1.41. The standard InChI is InChI=1S/C12H18N2O2/c1-15-12-8-11(6-7-14-12)16-10-4-2-9(13)3-5-10/h6-10H,2-5,13H2,1H3. The summed E-state index contributed by atoms with van der Waals surface area (Å²) in [6.45, 7) is 0. The second-order valence-corrected chi connectivity index (χ2v) is 4.19. The van der Waals surface area contributed by atoms with Crippen LogP contribution >= 0.6 is 0 Å². The summed E-state index contributed by atoms with van der Waals surface area (Å²) in [7, 11) is 1.60. The molecule has 0 atom stereocenters. The third kappa shape index (κ3) is 2.85. The smallest absolute Gasteiger partial charge is 0.216 e. The Labute approximate surface area is 95.8 Å². The fourth-order valence-corrected chi connectivity index (χ4v) is 1.98. The van der Waals surface area contributed by atoms with Gasteiger partial charge in [-0.05, 0) is 31.7 Å². The summed E-state index contributed by atoms with van der Waals surface area (Å²) < 4.78 is 10.9. The van der Waals surface area contributed by atoms with Crippen LogP contribution < -0.4 is 15.2 Å². The van der Waals surface area contributed by atoms with Crippen LogP contribution in [0.15, 0.2) is 18.3 Å². The summed E-state index contributed by atoms with van der Waals surface area (Å²) in [5, 5.41) is 0. The first-order chi connectivity index (χ1) is 7.78. The van der Waals surface area contributed by atoms with Crippen LogP contribution in [-0.2, 0) is 0 Å². The van der Waals surface area contributed by atoms with E-state index in [1.807, 2.05) is 12.1 Å². The zero-order chi connectivity index (χ0) is 11.4. The highest BCUT2D eigenvalue weighted by Gasteiger charge is 2.19. The van der Waals surface area contributed by atoms with E-state index in [1.165, 1.54) is 0 Å². The monoisotopic (exact) mass is 222 g/mol. The van der Waals surface area contributed by atoms with Gasteiger partial charge in [0.2, 0.25) is 5.88 Å². The lowest BCUT2D eigenvalue weighted by Crippen LogP contribution is -2.31. The number of hydrogen-bond donors (Lipinski definition) is 1. The Morgan fingerprint density at radius 2 is 2.06 bits per heavy atom. The normalized spacial score (nSPS) is 25.1. The second-order valence-electron chi connectivity index (χ2n) is 4.19. The van der Waals surface area contributed by atoms with Crippen molar-refractivity contribution in [2.24, 2.45) is 5.73 Å². The highest BCUT2D eigenvalue weighted by molar-refractivity contribution is 5.26. The molecule has 1 aliphatic rings.